The lowest BCUT2D eigenvalue weighted by molar-refractivity contribution is 0.809. The number of hydrogen-bond donors (Lipinski definition) is 1. The summed E-state index contributed by atoms with van der Waals surface area (Å²) < 4.78 is 1.81. The first-order valence-corrected chi connectivity index (χ1v) is 5.15. The summed E-state index contributed by atoms with van der Waals surface area (Å²) in [6, 6.07) is 5.66. The van der Waals surface area contributed by atoms with Gasteiger partial charge in [0.2, 0.25) is 0 Å². The van der Waals surface area contributed by atoms with Crippen molar-refractivity contribution in [3.63, 3.8) is 0 Å². The summed E-state index contributed by atoms with van der Waals surface area (Å²) in [5.74, 6) is 1.37. The number of anilines is 1. The van der Waals surface area contributed by atoms with E-state index >= 15 is 0 Å². The van der Waals surface area contributed by atoms with Crippen LogP contribution in [-0.4, -0.2) is 19.7 Å². The summed E-state index contributed by atoms with van der Waals surface area (Å²) in [6.07, 6.45) is 1.63. The van der Waals surface area contributed by atoms with Crippen molar-refractivity contribution in [3.05, 3.63) is 35.5 Å². The van der Waals surface area contributed by atoms with Crippen LogP contribution in [0, 0.1) is 18.3 Å². The second-order valence-corrected chi connectivity index (χ2v) is 3.67. The van der Waals surface area contributed by atoms with Crippen LogP contribution >= 0.6 is 0 Å². The lowest BCUT2D eigenvalue weighted by Gasteiger charge is -2.07. The van der Waals surface area contributed by atoms with Crippen molar-refractivity contribution in [1.29, 1.82) is 5.26 Å². The van der Waals surface area contributed by atoms with E-state index < -0.39 is 0 Å². The Balaban J connectivity index is 2.17. The Morgan fingerprint density at radius 1 is 1.47 bits per heavy atom. The minimum absolute atomic E-state index is 0.488. The van der Waals surface area contributed by atoms with E-state index in [4.69, 9.17) is 5.26 Å². The summed E-state index contributed by atoms with van der Waals surface area (Å²) in [5.41, 5.74) is 1.39. The highest BCUT2D eigenvalue weighted by Gasteiger charge is 2.05. The third-order valence-corrected chi connectivity index (χ3v) is 2.37. The van der Waals surface area contributed by atoms with Gasteiger partial charge in [-0.25, -0.2) is 4.98 Å². The molecule has 0 saturated carbocycles. The molecule has 1 N–H and O–H groups in total. The maximum Gasteiger partial charge on any atom is 0.151 e. The normalized spacial score (nSPS) is 9.94. The molecule has 2 aromatic heterocycles. The predicted octanol–water partition coefficient (Wildman–Crippen LogP) is 1.00. The summed E-state index contributed by atoms with van der Waals surface area (Å²) in [5, 5.41) is 19.8. The fraction of sp³-hybridized carbons (Fsp3) is 0.273. The van der Waals surface area contributed by atoms with Gasteiger partial charge in [0.25, 0.3) is 0 Å². The molecule has 86 valence electrons. The molecule has 0 fully saturated rings. The van der Waals surface area contributed by atoms with Crippen LogP contribution in [0.2, 0.25) is 0 Å². The minimum Gasteiger partial charge on any atom is -0.362 e. The zero-order valence-corrected chi connectivity index (χ0v) is 9.68. The molecule has 0 aromatic carbocycles. The van der Waals surface area contributed by atoms with E-state index in [9.17, 15) is 0 Å². The third kappa shape index (κ3) is 2.39. The molecule has 6 nitrogen and oxygen atoms in total. The van der Waals surface area contributed by atoms with Crippen molar-refractivity contribution in [2.45, 2.75) is 13.5 Å². The molecular formula is C11H12N6. The molecule has 2 aromatic rings. The van der Waals surface area contributed by atoms with E-state index in [2.05, 4.69) is 26.6 Å². The molecule has 0 aliphatic heterocycles. The van der Waals surface area contributed by atoms with Crippen LogP contribution in [0.15, 0.2) is 18.5 Å². The molecule has 0 atom stereocenters. The summed E-state index contributed by atoms with van der Waals surface area (Å²) in [6.45, 7) is 2.37. The third-order valence-electron chi connectivity index (χ3n) is 2.37. The number of nitrogens with zero attached hydrogens (tertiary/aromatic N) is 5. The first kappa shape index (κ1) is 11.1. The zero-order valence-electron chi connectivity index (χ0n) is 9.68. The lowest BCUT2D eigenvalue weighted by Crippen LogP contribution is -2.08. The molecular weight excluding hydrogens is 216 g/mol. The van der Waals surface area contributed by atoms with Crippen LogP contribution in [-0.2, 0) is 13.6 Å². The second-order valence-electron chi connectivity index (χ2n) is 3.67. The predicted molar refractivity (Wildman–Crippen MR) is 62.0 cm³/mol. The zero-order chi connectivity index (χ0) is 12.3. The minimum atomic E-state index is 0.488. The maximum absolute atomic E-state index is 8.96. The average molecular weight is 228 g/mol. The van der Waals surface area contributed by atoms with Crippen molar-refractivity contribution in [2.75, 3.05) is 5.32 Å². The second kappa shape index (κ2) is 4.61. The van der Waals surface area contributed by atoms with E-state index in [1.54, 1.807) is 12.4 Å². The van der Waals surface area contributed by atoms with Gasteiger partial charge in [0.15, 0.2) is 5.82 Å². The fourth-order valence-corrected chi connectivity index (χ4v) is 1.41. The van der Waals surface area contributed by atoms with Crippen LogP contribution < -0.4 is 5.32 Å². The molecule has 0 amide bonds. The van der Waals surface area contributed by atoms with E-state index in [1.807, 2.05) is 24.6 Å². The largest absolute Gasteiger partial charge is 0.362 e. The summed E-state index contributed by atoms with van der Waals surface area (Å²) in [7, 11) is 1.87. The average Bonchev–Trinajstić information content (AvgIpc) is 2.72. The Morgan fingerprint density at radius 3 is 2.94 bits per heavy atom. The van der Waals surface area contributed by atoms with Gasteiger partial charge in [-0.05, 0) is 19.1 Å². The van der Waals surface area contributed by atoms with Gasteiger partial charge in [0.1, 0.15) is 18.2 Å². The Morgan fingerprint density at radius 2 is 2.29 bits per heavy atom. The maximum atomic E-state index is 8.96. The van der Waals surface area contributed by atoms with Gasteiger partial charge in [-0.3, -0.25) is 0 Å². The monoisotopic (exact) mass is 228 g/mol. The van der Waals surface area contributed by atoms with Gasteiger partial charge in [-0.15, -0.1) is 10.2 Å². The van der Waals surface area contributed by atoms with E-state index in [1.165, 1.54) is 0 Å². The van der Waals surface area contributed by atoms with Crippen LogP contribution in [0.4, 0.5) is 5.82 Å². The molecule has 6 heteroatoms. The standard InChI is InChI=1S/C11H12N6/c1-8-3-4-9(5-12)11(15-8)13-6-10-16-14-7-17(10)2/h3-4,7H,6H2,1-2H3,(H,13,15). The lowest BCUT2D eigenvalue weighted by atomic mass is 10.2. The topological polar surface area (TPSA) is 79.4 Å². The molecule has 2 heterocycles. The van der Waals surface area contributed by atoms with Gasteiger partial charge in [0.05, 0.1) is 12.1 Å². The van der Waals surface area contributed by atoms with Crippen molar-refractivity contribution in [1.82, 2.24) is 19.7 Å². The summed E-state index contributed by atoms with van der Waals surface area (Å²) >= 11 is 0. The van der Waals surface area contributed by atoms with Crippen molar-refractivity contribution < 1.29 is 0 Å². The molecule has 2 rings (SSSR count). The smallest absolute Gasteiger partial charge is 0.151 e. The van der Waals surface area contributed by atoms with E-state index in [0.29, 0.717) is 17.9 Å². The first-order chi connectivity index (χ1) is 8.20. The molecule has 17 heavy (non-hydrogen) atoms. The Kier molecular flexibility index (Phi) is 3.01. The number of rotatable bonds is 3. The number of nitriles is 1. The van der Waals surface area contributed by atoms with Crippen molar-refractivity contribution >= 4 is 5.82 Å². The fourth-order valence-electron chi connectivity index (χ4n) is 1.41. The van der Waals surface area contributed by atoms with E-state index in [0.717, 1.165) is 11.5 Å². The Hall–Kier alpha value is -2.42. The molecule has 0 aliphatic rings. The van der Waals surface area contributed by atoms with Gasteiger partial charge in [0, 0.05) is 12.7 Å². The van der Waals surface area contributed by atoms with Crippen LogP contribution in [0.1, 0.15) is 17.1 Å². The number of hydrogen-bond acceptors (Lipinski definition) is 5. The summed E-state index contributed by atoms with van der Waals surface area (Å²) in [4.78, 5) is 4.28. The van der Waals surface area contributed by atoms with Crippen LogP contribution in [0.25, 0.3) is 0 Å². The number of nitrogens with one attached hydrogen (secondary N) is 1. The molecule has 0 saturated heterocycles. The molecule has 0 unspecified atom stereocenters. The molecule has 0 radical (unpaired) electrons. The molecule has 0 bridgehead atoms. The van der Waals surface area contributed by atoms with Crippen molar-refractivity contribution in [2.24, 2.45) is 7.05 Å². The highest BCUT2D eigenvalue weighted by molar-refractivity contribution is 5.52. The number of aryl methyl sites for hydroxylation is 2. The molecule has 0 aliphatic carbocycles. The number of aromatic nitrogens is 4. The van der Waals surface area contributed by atoms with Crippen molar-refractivity contribution in [3.8, 4) is 6.07 Å². The molecule has 0 spiro atoms. The highest BCUT2D eigenvalue weighted by atomic mass is 15.3. The quantitative estimate of drug-likeness (QED) is 0.847. The van der Waals surface area contributed by atoms with Gasteiger partial charge in [-0.1, -0.05) is 0 Å². The van der Waals surface area contributed by atoms with Crippen LogP contribution in [0.3, 0.4) is 0 Å². The van der Waals surface area contributed by atoms with Gasteiger partial charge >= 0.3 is 0 Å². The Labute approximate surface area is 98.9 Å². The first-order valence-electron chi connectivity index (χ1n) is 5.15. The highest BCUT2D eigenvalue weighted by Crippen LogP contribution is 2.12. The van der Waals surface area contributed by atoms with E-state index in [-0.39, 0.29) is 0 Å². The van der Waals surface area contributed by atoms with Gasteiger partial charge < -0.3 is 9.88 Å². The number of pyridine rings is 1. The SMILES string of the molecule is Cc1ccc(C#N)c(NCc2nncn2C)n1. The van der Waals surface area contributed by atoms with Crippen LogP contribution in [0.5, 0.6) is 0 Å². The Bertz CT molecular complexity index is 566. The van der Waals surface area contributed by atoms with Gasteiger partial charge in [-0.2, -0.15) is 5.26 Å².